The van der Waals surface area contributed by atoms with Crippen LogP contribution in [0.2, 0.25) is 0 Å². The van der Waals surface area contributed by atoms with Crippen molar-refractivity contribution in [1.29, 1.82) is 0 Å². The van der Waals surface area contributed by atoms with Gasteiger partial charge in [0.2, 0.25) is 5.91 Å². The van der Waals surface area contributed by atoms with Gasteiger partial charge in [-0.05, 0) is 56.4 Å². The van der Waals surface area contributed by atoms with Gasteiger partial charge < -0.3 is 4.90 Å². The second-order valence-corrected chi connectivity index (χ2v) is 11.2. The van der Waals surface area contributed by atoms with E-state index in [2.05, 4.69) is 29.7 Å². The highest BCUT2D eigenvalue weighted by atomic mass is 32.1. The normalized spacial score (nSPS) is 27.2. The molecule has 2 atom stereocenters. The third kappa shape index (κ3) is 3.59. The van der Waals surface area contributed by atoms with Crippen LogP contribution in [0.15, 0.2) is 6.07 Å². The Kier molecular flexibility index (Phi) is 4.70. The van der Waals surface area contributed by atoms with Crippen LogP contribution in [0.3, 0.4) is 0 Å². The molecule has 2 bridgehead atoms. The monoisotopic (exact) mass is 412 g/mol. The Bertz CT molecular complexity index is 942. The maximum atomic E-state index is 11.8. The number of aryl methyl sites for hydroxylation is 1. The summed E-state index contributed by atoms with van der Waals surface area (Å²) in [5.74, 6) is 1.78. The summed E-state index contributed by atoms with van der Waals surface area (Å²) in [5.41, 5.74) is 1.67. The lowest BCUT2D eigenvalue weighted by Gasteiger charge is -2.33. The van der Waals surface area contributed by atoms with E-state index < -0.39 is 0 Å². The van der Waals surface area contributed by atoms with Gasteiger partial charge in [0.05, 0.1) is 5.69 Å². The van der Waals surface area contributed by atoms with Crippen LogP contribution >= 0.6 is 11.3 Å². The van der Waals surface area contributed by atoms with Gasteiger partial charge in [-0.25, -0.2) is 9.97 Å². The van der Waals surface area contributed by atoms with E-state index in [0.29, 0.717) is 23.4 Å². The zero-order valence-electron chi connectivity index (χ0n) is 18.1. The fourth-order valence-electron chi connectivity index (χ4n) is 5.64. The fourth-order valence-corrected chi connectivity index (χ4v) is 6.91. The molecule has 3 fully saturated rings. The lowest BCUT2D eigenvalue weighted by molar-refractivity contribution is -0.131. The summed E-state index contributed by atoms with van der Waals surface area (Å²) in [5, 5.41) is 1.26. The number of thiophene rings is 1. The van der Waals surface area contributed by atoms with E-state index in [4.69, 9.17) is 9.97 Å². The van der Waals surface area contributed by atoms with Crippen LogP contribution < -0.4 is 0 Å². The smallest absolute Gasteiger partial charge is 0.219 e. The zero-order chi connectivity index (χ0) is 20.3. The van der Waals surface area contributed by atoms with Gasteiger partial charge >= 0.3 is 0 Å². The van der Waals surface area contributed by atoms with E-state index in [1.807, 2.05) is 18.3 Å². The summed E-state index contributed by atoms with van der Waals surface area (Å²) < 4.78 is 0. The van der Waals surface area contributed by atoms with Gasteiger partial charge in [0, 0.05) is 48.9 Å². The molecule has 156 valence electrons. The van der Waals surface area contributed by atoms with Gasteiger partial charge in [0.1, 0.15) is 10.7 Å². The van der Waals surface area contributed by atoms with Crippen molar-refractivity contribution in [2.45, 2.75) is 84.3 Å². The van der Waals surface area contributed by atoms with Crippen molar-refractivity contribution in [2.75, 3.05) is 13.1 Å². The second-order valence-electron chi connectivity index (χ2n) is 10.2. The first-order valence-corrected chi connectivity index (χ1v) is 11.9. The van der Waals surface area contributed by atoms with Crippen molar-refractivity contribution in [3.05, 3.63) is 22.5 Å². The molecule has 5 nitrogen and oxygen atoms in total. The minimum atomic E-state index is 0.218. The molecule has 1 amide bonds. The molecule has 29 heavy (non-hydrogen) atoms. The Morgan fingerprint density at radius 3 is 2.62 bits per heavy atom. The summed E-state index contributed by atoms with van der Waals surface area (Å²) in [7, 11) is 0. The highest BCUT2D eigenvalue weighted by Gasteiger charge is 2.44. The van der Waals surface area contributed by atoms with Crippen LogP contribution in [-0.2, 0) is 11.3 Å². The predicted octanol–water partition coefficient (Wildman–Crippen LogP) is 4.49. The summed E-state index contributed by atoms with van der Waals surface area (Å²) in [6.45, 7) is 11.2. The average Bonchev–Trinajstić information content (AvgIpc) is 3.35. The second kappa shape index (κ2) is 7.02. The molecule has 2 aromatic heterocycles. The van der Waals surface area contributed by atoms with E-state index in [9.17, 15) is 4.79 Å². The summed E-state index contributed by atoms with van der Waals surface area (Å²) >= 11 is 1.89. The predicted molar refractivity (Wildman–Crippen MR) is 117 cm³/mol. The highest BCUT2D eigenvalue weighted by Crippen LogP contribution is 2.45. The van der Waals surface area contributed by atoms with Crippen molar-refractivity contribution in [1.82, 2.24) is 19.8 Å². The molecular formula is C23H32N4OS. The Morgan fingerprint density at radius 2 is 1.97 bits per heavy atom. The first-order chi connectivity index (χ1) is 13.8. The topological polar surface area (TPSA) is 49.3 Å². The Labute approximate surface area is 177 Å². The van der Waals surface area contributed by atoms with Crippen molar-refractivity contribution in [3.63, 3.8) is 0 Å². The molecule has 0 unspecified atom stereocenters. The number of carbonyl (C=O) groups is 1. The number of amides is 1. The lowest BCUT2D eigenvalue weighted by atomic mass is 9.73. The van der Waals surface area contributed by atoms with Crippen molar-refractivity contribution >= 4 is 27.5 Å². The number of fused-ring (bicyclic) bond motifs is 3. The number of likely N-dealkylation sites (tertiary alicyclic amines) is 2. The number of piperazine rings is 1. The Morgan fingerprint density at radius 1 is 1.21 bits per heavy atom. The van der Waals surface area contributed by atoms with Crippen molar-refractivity contribution in [3.8, 4) is 0 Å². The molecule has 1 saturated carbocycles. The SMILES string of the molecule is CC(=O)N1C[C@@H]2C[C@H]1CN2Cc1nc(C)nc2sc(C3CCC(C)(C)CC3)cc12. The van der Waals surface area contributed by atoms with Crippen LogP contribution in [0.4, 0.5) is 0 Å². The van der Waals surface area contributed by atoms with E-state index in [-0.39, 0.29) is 5.91 Å². The zero-order valence-corrected chi connectivity index (χ0v) is 18.9. The van der Waals surface area contributed by atoms with Crippen LogP contribution in [0.25, 0.3) is 10.2 Å². The minimum absolute atomic E-state index is 0.218. The first-order valence-electron chi connectivity index (χ1n) is 11.1. The average molecular weight is 413 g/mol. The van der Waals surface area contributed by atoms with Gasteiger partial charge in [0.25, 0.3) is 0 Å². The standard InChI is InChI=1S/C23H32N4OS/c1-14-24-20(13-26-11-18-9-17(26)12-27(18)15(2)28)19-10-21(29-22(19)25-14)16-5-7-23(3,4)8-6-16/h10,16-18H,5-9,11-13H2,1-4H3/t17-,18-/m0/s1. The number of rotatable bonds is 3. The lowest BCUT2D eigenvalue weighted by Crippen LogP contribution is -2.47. The van der Waals surface area contributed by atoms with Crippen molar-refractivity contribution < 1.29 is 4.79 Å². The number of carbonyl (C=O) groups excluding carboxylic acids is 1. The van der Waals surface area contributed by atoms with Gasteiger partial charge in [0.15, 0.2) is 0 Å². The summed E-state index contributed by atoms with van der Waals surface area (Å²) in [6, 6.07) is 3.26. The molecule has 1 aliphatic carbocycles. The molecule has 0 aromatic carbocycles. The first kappa shape index (κ1) is 19.4. The van der Waals surface area contributed by atoms with E-state index in [0.717, 1.165) is 36.7 Å². The Hall–Kier alpha value is -1.53. The molecule has 2 aliphatic heterocycles. The molecule has 5 rings (SSSR count). The van der Waals surface area contributed by atoms with Crippen molar-refractivity contribution in [2.24, 2.45) is 5.41 Å². The number of hydrogen-bond acceptors (Lipinski definition) is 5. The molecular weight excluding hydrogens is 380 g/mol. The molecule has 0 N–H and O–H groups in total. The van der Waals surface area contributed by atoms with Crippen LogP contribution in [0.5, 0.6) is 0 Å². The molecule has 0 spiro atoms. The van der Waals surface area contributed by atoms with Gasteiger partial charge in [-0.1, -0.05) is 13.8 Å². The largest absolute Gasteiger partial charge is 0.337 e. The van der Waals surface area contributed by atoms with Crippen LogP contribution in [-0.4, -0.2) is 50.8 Å². The van der Waals surface area contributed by atoms with E-state index in [1.165, 1.54) is 41.6 Å². The Balaban J connectivity index is 1.38. The summed E-state index contributed by atoms with van der Waals surface area (Å²) in [4.78, 5) is 28.7. The number of aromatic nitrogens is 2. The van der Waals surface area contributed by atoms with Crippen LogP contribution in [0.1, 0.15) is 75.2 Å². The number of nitrogens with zero attached hydrogens (tertiary/aromatic N) is 4. The molecule has 3 aliphatic rings. The minimum Gasteiger partial charge on any atom is -0.337 e. The van der Waals surface area contributed by atoms with Gasteiger partial charge in [-0.2, -0.15) is 0 Å². The molecule has 2 aromatic rings. The fraction of sp³-hybridized carbons (Fsp3) is 0.696. The summed E-state index contributed by atoms with van der Waals surface area (Å²) in [6.07, 6.45) is 6.32. The van der Waals surface area contributed by atoms with E-state index in [1.54, 1.807) is 6.92 Å². The molecule has 6 heteroatoms. The van der Waals surface area contributed by atoms with Gasteiger partial charge in [-0.3, -0.25) is 9.69 Å². The molecule has 2 saturated heterocycles. The highest BCUT2D eigenvalue weighted by molar-refractivity contribution is 7.18. The quantitative estimate of drug-likeness (QED) is 0.745. The number of hydrogen-bond donors (Lipinski definition) is 0. The third-order valence-corrected chi connectivity index (χ3v) is 8.65. The maximum absolute atomic E-state index is 11.8. The van der Waals surface area contributed by atoms with Crippen LogP contribution in [0, 0.1) is 12.3 Å². The third-order valence-electron chi connectivity index (χ3n) is 7.46. The maximum Gasteiger partial charge on any atom is 0.219 e. The molecule has 4 heterocycles. The van der Waals surface area contributed by atoms with E-state index >= 15 is 0 Å². The van der Waals surface area contributed by atoms with Gasteiger partial charge in [-0.15, -0.1) is 11.3 Å². The molecule has 0 radical (unpaired) electrons.